The Morgan fingerprint density at radius 2 is 1.44 bits per heavy atom. The van der Waals surface area contributed by atoms with Crippen molar-refractivity contribution in [2.75, 3.05) is 49.5 Å². The van der Waals surface area contributed by atoms with Gasteiger partial charge in [-0.3, -0.25) is 9.59 Å². The quantitative estimate of drug-likeness (QED) is 0.281. The predicted molar refractivity (Wildman–Crippen MR) is 163 cm³/mol. The highest BCUT2D eigenvalue weighted by Crippen LogP contribution is 2.29. The Balaban J connectivity index is 1.33. The highest BCUT2D eigenvalue weighted by Gasteiger charge is 2.30. The Bertz CT molecular complexity index is 1420. The molecule has 2 N–H and O–H groups in total. The molecule has 1 aliphatic heterocycles. The van der Waals surface area contributed by atoms with Crippen LogP contribution < -0.4 is 15.5 Å². The molecule has 0 bridgehead atoms. The first-order chi connectivity index (χ1) is 20.0. The molecule has 1 saturated heterocycles. The van der Waals surface area contributed by atoms with Gasteiger partial charge >= 0.3 is 0 Å². The summed E-state index contributed by atoms with van der Waals surface area (Å²) in [6.07, 6.45) is 0. The Labute approximate surface area is 245 Å². The summed E-state index contributed by atoms with van der Waals surface area (Å²) in [6, 6.07) is 29.3. The van der Waals surface area contributed by atoms with E-state index >= 15 is 0 Å². The standard InChI is InChI=1S/C32H33ClN6O2/c1-23(40)34-16-17-35-28-22-29(37-31(36-28)26-12-14-27(33)15-13-26)38-18-20-39(21-19-38)32(41)30(24-8-4-2-5-9-24)25-10-6-3-7-11-25/h2-15,22,30H,16-21H2,1H3,(H,34,40)(H,35,36,37). The van der Waals surface area contributed by atoms with Gasteiger partial charge in [0.2, 0.25) is 11.8 Å². The number of hydrogen-bond acceptors (Lipinski definition) is 6. The van der Waals surface area contributed by atoms with Crippen molar-refractivity contribution in [1.82, 2.24) is 20.2 Å². The number of halogens is 1. The zero-order valence-electron chi connectivity index (χ0n) is 23.0. The minimum absolute atomic E-state index is 0.0776. The SMILES string of the molecule is CC(=O)NCCNc1cc(N2CCN(C(=O)C(c3ccccc3)c3ccccc3)CC2)nc(-c2ccc(Cl)cc2)n1. The van der Waals surface area contributed by atoms with E-state index in [4.69, 9.17) is 21.6 Å². The van der Waals surface area contributed by atoms with Crippen molar-refractivity contribution in [3.8, 4) is 11.4 Å². The van der Waals surface area contributed by atoms with E-state index < -0.39 is 0 Å². The van der Waals surface area contributed by atoms with Gasteiger partial charge in [-0.25, -0.2) is 9.97 Å². The number of nitrogens with one attached hydrogen (secondary N) is 2. The minimum Gasteiger partial charge on any atom is -0.368 e. The Morgan fingerprint density at radius 3 is 2.02 bits per heavy atom. The van der Waals surface area contributed by atoms with Crippen molar-refractivity contribution in [3.05, 3.63) is 107 Å². The summed E-state index contributed by atoms with van der Waals surface area (Å²) in [7, 11) is 0. The normalized spacial score (nSPS) is 13.2. The first-order valence-corrected chi connectivity index (χ1v) is 14.1. The number of benzene rings is 3. The van der Waals surface area contributed by atoms with Gasteiger partial charge in [0.15, 0.2) is 5.82 Å². The predicted octanol–water partition coefficient (Wildman–Crippen LogP) is 4.83. The van der Waals surface area contributed by atoms with Crippen LogP contribution >= 0.6 is 11.6 Å². The summed E-state index contributed by atoms with van der Waals surface area (Å²) in [5, 5.41) is 6.73. The molecule has 1 aromatic heterocycles. The van der Waals surface area contributed by atoms with Crippen LogP contribution in [0, 0.1) is 0 Å². The van der Waals surface area contributed by atoms with Gasteiger partial charge in [0, 0.05) is 62.8 Å². The number of aromatic nitrogens is 2. The molecule has 8 nitrogen and oxygen atoms in total. The molecule has 3 aromatic carbocycles. The van der Waals surface area contributed by atoms with Gasteiger partial charge in [-0.15, -0.1) is 0 Å². The van der Waals surface area contributed by atoms with E-state index in [0.29, 0.717) is 55.9 Å². The summed E-state index contributed by atoms with van der Waals surface area (Å²) in [5.74, 6) is 1.70. The lowest BCUT2D eigenvalue weighted by Crippen LogP contribution is -2.50. The van der Waals surface area contributed by atoms with Crippen LogP contribution in [-0.2, 0) is 9.59 Å². The molecular formula is C32H33ClN6O2. The van der Waals surface area contributed by atoms with Crippen molar-refractivity contribution in [2.24, 2.45) is 0 Å². The maximum atomic E-state index is 13.9. The molecule has 0 saturated carbocycles. The molecule has 9 heteroatoms. The summed E-state index contributed by atoms with van der Waals surface area (Å²) in [6.45, 7) is 4.96. The topological polar surface area (TPSA) is 90.5 Å². The minimum atomic E-state index is -0.348. The number of nitrogens with zero attached hydrogens (tertiary/aromatic N) is 4. The summed E-state index contributed by atoms with van der Waals surface area (Å²) in [5.41, 5.74) is 2.83. The lowest BCUT2D eigenvalue weighted by molar-refractivity contribution is -0.132. The Morgan fingerprint density at radius 1 is 0.829 bits per heavy atom. The van der Waals surface area contributed by atoms with Gasteiger partial charge in [-0.1, -0.05) is 72.3 Å². The molecule has 41 heavy (non-hydrogen) atoms. The lowest BCUT2D eigenvalue weighted by Gasteiger charge is -2.37. The molecule has 5 rings (SSSR count). The van der Waals surface area contributed by atoms with Crippen LogP contribution in [0.5, 0.6) is 0 Å². The zero-order valence-corrected chi connectivity index (χ0v) is 23.7. The first-order valence-electron chi connectivity index (χ1n) is 13.7. The van der Waals surface area contributed by atoms with E-state index in [1.165, 1.54) is 6.92 Å². The second-order valence-electron chi connectivity index (χ2n) is 9.92. The van der Waals surface area contributed by atoms with Gasteiger partial charge in [-0.2, -0.15) is 0 Å². The van der Waals surface area contributed by atoms with Crippen LogP contribution in [0.3, 0.4) is 0 Å². The van der Waals surface area contributed by atoms with Crippen molar-refractivity contribution in [2.45, 2.75) is 12.8 Å². The number of amides is 2. The van der Waals surface area contributed by atoms with Crippen LogP contribution in [0.2, 0.25) is 5.02 Å². The molecule has 2 heterocycles. The third kappa shape index (κ3) is 7.21. The molecule has 2 amide bonds. The average molecular weight is 569 g/mol. The largest absolute Gasteiger partial charge is 0.368 e. The van der Waals surface area contributed by atoms with Crippen LogP contribution in [-0.4, -0.2) is 66.0 Å². The number of hydrogen-bond donors (Lipinski definition) is 2. The third-order valence-corrected chi connectivity index (χ3v) is 7.30. The van der Waals surface area contributed by atoms with Crippen LogP contribution in [0.25, 0.3) is 11.4 Å². The van der Waals surface area contributed by atoms with E-state index in [2.05, 4.69) is 15.5 Å². The fraction of sp³-hybridized carbons (Fsp3) is 0.250. The molecule has 4 aromatic rings. The highest BCUT2D eigenvalue weighted by atomic mass is 35.5. The summed E-state index contributed by atoms with van der Waals surface area (Å²) < 4.78 is 0. The number of rotatable bonds is 9. The molecule has 0 aliphatic carbocycles. The lowest BCUT2D eigenvalue weighted by atomic mass is 9.90. The van der Waals surface area contributed by atoms with Crippen molar-refractivity contribution in [1.29, 1.82) is 0 Å². The van der Waals surface area contributed by atoms with Crippen molar-refractivity contribution in [3.63, 3.8) is 0 Å². The average Bonchev–Trinajstić information content (AvgIpc) is 3.01. The van der Waals surface area contributed by atoms with Crippen LogP contribution in [0.1, 0.15) is 24.0 Å². The van der Waals surface area contributed by atoms with Gasteiger partial charge < -0.3 is 20.4 Å². The van der Waals surface area contributed by atoms with Crippen LogP contribution in [0.4, 0.5) is 11.6 Å². The van der Waals surface area contributed by atoms with E-state index in [1.54, 1.807) is 0 Å². The van der Waals surface area contributed by atoms with E-state index in [0.717, 1.165) is 22.5 Å². The van der Waals surface area contributed by atoms with Crippen molar-refractivity contribution < 1.29 is 9.59 Å². The highest BCUT2D eigenvalue weighted by molar-refractivity contribution is 6.30. The Kier molecular flexibility index (Phi) is 9.11. The molecule has 0 unspecified atom stereocenters. The molecule has 0 spiro atoms. The van der Waals surface area contributed by atoms with E-state index in [1.807, 2.05) is 95.9 Å². The second-order valence-corrected chi connectivity index (χ2v) is 10.4. The van der Waals surface area contributed by atoms with E-state index in [-0.39, 0.29) is 17.7 Å². The van der Waals surface area contributed by atoms with Crippen molar-refractivity contribution >= 4 is 35.1 Å². The Hall–Kier alpha value is -4.43. The zero-order chi connectivity index (χ0) is 28.6. The molecule has 1 fully saturated rings. The number of carbonyl (C=O) groups excluding carboxylic acids is 2. The first kappa shape index (κ1) is 28.1. The number of carbonyl (C=O) groups is 2. The molecule has 0 atom stereocenters. The fourth-order valence-electron chi connectivity index (χ4n) is 4.95. The number of piperazine rings is 1. The fourth-order valence-corrected chi connectivity index (χ4v) is 5.08. The molecule has 210 valence electrons. The maximum absolute atomic E-state index is 13.9. The van der Waals surface area contributed by atoms with Gasteiger partial charge in [0.1, 0.15) is 11.6 Å². The molecule has 1 aliphatic rings. The smallest absolute Gasteiger partial charge is 0.234 e. The monoisotopic (exact) mass is 568 g/mol. The summed E-state index contributed by atoms with van der Waals surface area (Å²) >= 11 is 6.10. The summed E-state index contributed by atoms with van der Waals surface area (Å²) in [4.78, 5) is 38.9. The van der Waals surface area contributed by atoms with Crippen LogP contribution in [0.15, 0.2) is 91.0 Å². The number of anilines is 2. The molecule has 0 radical (unpaired) electrons. The maximum Gasteiger partial charge on any atom is 0.234 e. The second kappa shape index (κ2) is 13.3. The van der Waals surface area contributed by atoms with Gasteiger partial charge in [0.25, 0.3) is 0 Å². The van der Waals surface area contributed by atoms with E-state index in [9.17, 15) is 9.59 Å². The van der Waals surface area contributed by atoms with Gasteiger partial charge in [-0.05, 0) is 35.4 Å². The molecular weight excluding hydrogens is 536 g/mol. The third-order valence-electron chi connectivity index (χ3n) is 7.05. The van der Waals surface area contributed by atoms with Gasteiger partial charge in [0.05, 0.1) is 5.92 Å².